The Morgan fingerprint density at radius 2 is 1.46 bits per heavy atom. The van der Waals surface area contributed by atoms with Crippen LogP contribution in [0, 0.1) is 5.92 Å². The monoisotopic (exact) mass is 493 g/mol. The zero-order valence-corrected chi connectivity index (χ0v) is 20.6. The number of aliphatic hydroxyl groups excluding tert-OH is 1. The number of hydrogen-bond donors (Lipinski definition) is 7. The number of carbonyl (C=O) groups is 4. The first-order valence-electron chi connectivity index (χ1n) is 11.8. The van der Waals surface area contributed by atoms with Gasteiger partial charge in [0, 0.05) is 6.42 Å². The van der Waals surface area contributed by atoms with Crippen molar-refractivity contribution in [2.24, 2.45) is 17.4 Å². The Bertz CT molecular complexity index is 833. The van der Waals surface area contributed by atoms with Gasteiger partial charge in [0.2, 0.25) is 17.7 Å². The molecule has 0 fully saturated rings. The SMILES string of the molecule is CC(C)C(N)C(=O)NC(CCCCN)C(=O)NC(Cc1ccccc1)C(=O)NC(C(=O)O)C(C)O. The molecule has 0 saturated carbocycles. The molecule has 0 radical (unpaired) electrons. The molecule has 0 bridgehead atoms. The molecule has 3 amide bonds. The molecule has 11 nitrogen and oxygen atoms in total. The van der Waals surface area contributed by atoms with Gasteiger partial charge in [0.15, 0.2) is 6.04 Å². The number of aliphatic hydroxyl groups is 1. The second-order valence-electron chi connectivity index (χ2n) is 8.93. The normalized spacial score (nSPS) is 15.4. The van der Waals surface area contributed by atoms with Gasteiger partial charge in [0.1, 0.15) is 12.1 Å². The van der Waals surface area contributed by atoms with Gasteiger partial charge < -0.3 is 37.6 Å². The van der Waals surface area contributed by atoms with Crippen LogP contribution < -0.4 is 27.4 Å². The second-order valence-corrected chi connectivity index (χ2v) is 8.93. The molecule has 196 valence electrons. The molecule has 0 heterocycles. The standard InChI is InChI=1S/C24H39N5O6/c1-14(2)19(26)23(33)27-17(11-7-8-12-25)21(31)28-18(13-16-9-5-4-6-10-16)22(32)29-20(15(3)30)24(34)35/h4-6,9-10,14-15,17-20,30H,7-8,11-13,25-26H2,1-3H3,(H,27,33)(H,28,31)(H,29,32)(H,34,35). The highest BCUT2D eigenvalue weighted by atomic mass is 16.4. The van der Waals surface area contributed by atoms with Crippen molar-refractivity contribution in [3.63, 3.8) is 0 Å². The third-order valence-electron chi connectivity index (χ3n) is 5.56. The van der Waals surface area contributed by atoms with Crippen LogP contribution in [0.15, 0.2) is 30.3 Å². The maximum Gasteiger partial charge on any atom is 0.328 e. The number of carboxylic acid groups (broad SMARTS) is 1. The highest BCUT2D eigenvalue weighted by Crippen LogP contribution is 2.08. The molecule has 5 atom stereocenters. The zero-order chi connectivity index (χ0) is 26.5. The maximum atomic E-state index is 13.2. The van der Waals surface area contributed by atoms with Crippen LogP contribution in [0.5, 0.6) is 0 Å². The first-order valence-corrected chi connectivity index (χ1v) is 11.8. The third kappa shape index (κ3) is 10.4. The minimum atomic E-state index is -1.55. The van der Waals surface area contributed by atoms with Gasteiger partial charge in [-0.3, -0.25) is 14.4 Å². The van der Waals surface area contributed by atoms with E-state index in [4.69, 9.17) is 11.5 Å². The van der Waals surface area contributed by atoms with Crippen LogP contribution in [0.25, 0.3) is 0 Å². The van der Waals surface area contributed by atoms with E-state index in [0.29, 0.717) is 19.4 Å². The van der Waals surface area contributed by atoms with Gasteiger partial charge >= 0.3 is 5.97 Å². The first kappa shape index (κ1) is 30.0. The van der Waals surface area contributed by atoms with Gasteiger partial charge in [-0.15, -0.1) is 0 Å². The summed E-state index contributed by atoms with van der Waals surface area (Å²) in [7, 11) is 0. The summed E-state index contributed by atoms with van der Waals surface area (Å²) in [6.07, 6.45) is 0.193. The Morgan fingerprint density at radius 1 is 0.886 bits per heavy atom. The Balaban J connectivity index is 3.11. The maximum absolute atomic E-state index is 13.2. The van der Waals surface area contributed by atoms with E-state index in [1.807, 2.05) is 0 Å². The molecule has 1 rings (SSSR count). The van der Waals surface area contributed by atoms with E-state index in [0.717, 1.165) is 5.56 Å². The van der Waals surface area contributed by atoms with Crippen LogP contribution >= 0.6 is 0 Å². The van der Waals surface area contributed by atoms with Crippen LogP contribution in [-0.2, 0) is 25.6 Å². The predicted octanol–water partition coefficient (Wildman–Crippen LogP) is -0.739. The lowest BCUT2D eigenvalue weighted by Gasteiger charge is -2.26. The highest BCUT2D eigenvalue weighted by Gasteiger charge is 2.32. The molecule has 1 aromatic carbocycles. The van der Waals surface area contributed by atoms with Crippen LogP contribution in [0.4, 0.5) is 0 Å². The van der Waals surface area contributed by atoms with Crippen molar-refractivity contribution in [3.05, 3.63) is 35.9 Å². The number of nitrogens with two attached hydrogens (primary N) is 2. The van der Waals surface area contributed by atoms with Gasteiger partial charge in [-0.05, 0) is 44.2 Å². The summed E-state index contributed by atoms with van der Waals surface area (Å²) >= 11 is 0. The Labute approximate surface area is 206 Å². The summed E-state index contributed by atoms with van der Waals surface area (Å²) in [5.41, 5.74) is 12.2. The van der Waals surface area contributed by atoms with Crippen LogP contribution in [-0.4, -0.2) is 70.7 Å². The van der Waals surface area contributed by atoms with E-state index in [1.54, 1.807) is 44.2 Å². The smallest absolute Gasteiger partial charge is 0.328 e. The van der Waals surface area contributed by atoms with E-state index < -0.39 is 54.0 Å². The van der Waals surface area contributed by atoms with Crippen molar-refractivity contribution in [2.45, 2.75) is 76.7 Å². The molecule has 1 aromatic rings. The van der Waals surface area contributed by atoms with Crippen molar-refractivity contribution >= 4 is 23.7 Å². The number of hydrogen-bond acceptors (Lipinski definition) is 7. The Kier molecular flexibility index (Phi) is 12.9. The fourth-order valence-electron chi connectivity index (χ4n) is 3.31. The first-order chi connectivity index (χ1) is 16.5. The van der Waals surface area contributed by atoms with Crippen molar-refractivity contribution in [1.29, 1.82) is 0 Å². The molecule has 0 spiro atoms. The second kappa shape index (κ2) is 15.1. The number of benzene rings is 1. The van der Waals surface area contributed by atoms with E-state index in [-0.39, 0.29) is 18.8 Å². The summed E-state index contributed by atoms with van der Waals surface area (Å²) in [5.74, 6) is -3.43. The molecular weight excluding hydrogens is 454 g/mol. The van der Waals surface area contributed by atoms with E-state index in [9.17, 15) is 29.4 Å². The van der Waals surface area contributed by atoms with E-state index in [2.05, 4.69) is 16.0 Å². The lowest BCUT2D eigenvalue weighted by molar-refractivity contribution is -0.145. The summed E-state index contributed by atoms with van der Waals surface area (Å²) in [5, 5.41) is 26.6. The summed E-state index contributed by atoms with van der Waals surface area (Å²) < 4.78 is 0. The number of amides is 3. The molecular formula is C24H39N5O6. The van der Waals surface area contributed by atoms with Crippen molar-refractivity contribution in [3.8, 4) is 0 Å². The van der Waals surface area contributed by atoms with Crippen LogP contribution in [0.2, 0.25) is 0 Å². The summed E-state index contributed by atoms with van der Waals surface area (Å²) in [6, 6.07) is 4.38. The van der Waals surface area contributed by atoms with Gasteiger partial charge in [-0.25, -0.2) is 4.79 Å². The predicted molar refractivity (Wildman–Crippen MR) is 131 cm³/mol. The third-order valence-corrected chi connectivity index (χ3v) is 5.56. The summed E-state index contributed by atoms with van der Waals surface area (Å²) in [6.45, 7) is 5.23. The topological polar surface area (TPSA) is 197 Å². The molecule has 11 heteroatoms. The minimum absolute atomic E-state index is 0.0690. The van der Waals surface area contributed by atoms with Gasteiger partial charge in [-0.2, -0.15) is 0 Å². The molecule has 9 N–H and O–H groups in total. The number of aliphatic carboxylic acids is 1. The Hall–Kier alpha value is -3.02. The zero-order valence-electron chi connectivity index (χ0n) is 20.6. The van der Waals surface area contributed by atoms with E-state index in [1.165, 1.54) is 6.92 Å². The van der Waals surface area contributed by atoms with Crippen molar-refractivity contribution in [1.82, 2.24) is 16.0 Å². The fourth-order valence-corrected chi connectivity index (χ4v) is 3.31. The van der Waals surface area contributed by atoms with Gasteiger partial charge in [0.05, 0.1) is 12.1 Å². The van der Waals surface area contributed by atoms with Crippen LogP contribution in [0.1, 0.15) is 45.6 Å². The minimum Gasteiger partial charge on any atom is -0.480 e. The number of unbranched alkanes of at least 4 members (excludes halogenated alkanes) is 1. The average Bonchev–Trinajstić information content (AvgIpc) is 2.80. The lowest BCUT2D eigenvalue weighted by Crippen LogP contribution is -2.59. The number of carbonyl (C=O) groups excluding carboxylic acids is 3. The largest absolute Gasteiger partial charge is 0.480 e. The van der Waals surface area contributed by atoms with Gasteiger partial charge in [-0.1, -0.05) is 44.2 Å². The molecule has 0 aromatic heterocycles. The van der Waals surface area contributed by atoms with Gasteiger partial charge in [0.25, 0.3) is 0 Å². The average molecular weight is 494 g/mol. The molecule has 0 aliphatic heterocycles. The molecule has 0 aliphatic rings. The molecule has 0 aliphatic carbocycles. The number of nitrogens with one attached hydrogen (secondary N) is 3. The lowest BCUT2D eigenvalue weighted by atomic mass is 10.0. The molecule has 0 saturated heterocycles. The summed E-state index contributed by atoms with van der Waals surface area (Å²) in [4.78, 5) is 50.1. The number of rotatable bonds is 15. The molecule has 35 heavy (non-hydrogen) atoms. The Morgan fingerprint density at radius 3 is 1.97 bits per heavy atom. The van der Waals surface area contributed by atoms with E-state index >= 15 is 0 Å². The van der Waals surface area contributed by atoms with Crippen LogP contribution in [0.3, 0.4) is 0 Å². The van der Waals surface area contributed by atoms with Crippen molar-refractivity contribution < 1.29 is 29.4 Å². The molecule has 5 unspecified atom stereocenters. The van der Waals surface area contributed by atoms with Crippen molar-refractivity contribution in [2.75, 3.05) is 6.54 Å². The number of carboxylic acids is 1. The highest BCUT2D eigenvalue weighted by molar-refractivity contribution is 5.94. The quantitative estimate of drug-likeness (QED) is 0.155. The fraction of sp³-hybridized carbons (Fsp3) is 0.583.